The zero-order valence-corrected chi connectivity index (χ0v) is 15.1. The van der Waals surface area contributed by atoms with Crippen LogP contribution in [0.25, 0.3) is 0 Å². The monoisotopic (exact) mass is 268 g/mol. The highest BCUT2D eigenvalue weighted by Gasteiger charge is 1.98. The van der Waals surface area contributed by atoms with E-state index in [9.17, 15) is 0 Å². The van der Waals surface area contributed by atoms with Crippen molar-refractivity contribution in [3.05, 3.63) is 37.0 Å². The van der Waals surface area contributed by atoms with Gasteiger partial charge >= 0.3 is 0 Å². The van der Waals surface area contributed by atoms with Crippen molar-refractivity contribution in [1.29, 1.82) is 0 Å². The fourth-order valence-corrected chi connectivity index (χ4v) is 1.34. The maximum Gasteiger partial charge on any atom is -0.0404 e. The second-order valence-electron chi connectivity index (χ2n) is 3.91. The van der Waals surface area contributed by atoms with Gasteiger partial charge in [-0.25, -0.2) is 0 Å². The zero-order chi connectivity index (χ0) is 16.1. The van der Waals surface area contributed by atoms with Gasteiger partial charge in [0.25, 0.3) is 0 Å². The third-order valence-electron chi connectivity index (χ3n) is 2.37. The van der Waals surface area contributed by atoms with Gasteiger partial charge in [-0.3, -0.25) is 0 Å². The van der Waals surface area contributed by atoms with Gasteiger partial charge in [0.15, 0.2) is 0 Å². The van der Waals surface area contributed by atoms with Crippen LogP contribution in [0.4, 0.5) is 0 Å². The minimum Gasteiger partial charge on any atom is -0.0991 e. The molecule has 0 N–H and O–H groups in total. The Morgan fingerprint density at radius 1 is 1.00 bits per heavy atom. The molecule has 0 aliphatic rings. The Morgan fingerprint density at radius 3 is 1.53 bits per heavy atom. The molecule has 0 heterocycles. The Morgan fingerprint density at radius 2 is 1.42 bits per heavy atom. The van der Waals surface area contributed by atoms with E-state index in [1.165, 1.54) is 25.7 Å². The average molecular weight is 269 g/mol. The molecule has 0 atom stereocenters. The van der Waals surface area contributed by atoms with Crippen molar-refractivity contribution in [2.24, 2.45) is 5.92 Å². The van der Waals surface area contributed by atoms with Crippen LogP contribution in [-0.2, 0) is 0 Å². The van der Waals surface area contributed by atoms with Crippen LogP contribution in [0.15, 0.2) is 37.0 Å². The molecule has 0 aromatic carbocycles. The molecule has 0 radical (unpaired) electrons. The van der Waals surface area contributed by atoms with Crippen LogP contribution in [0, 0.1) is 5.92 Å². The van der Waals surface area contributed by atoms with E-state index in [4.69, 9.17) is 0 Å². The quantitative estimate of drug-likeness (QED) is 0.435. The van der Waals surface area contributed by atoms with E-state index in [-0.39, 0.29) is 0 Å². The van der Waals surface area contributed by atoms with Gasteiger partial charge < -0.3 is 0 Å². The third kappa shape index (κ3) is 38.2. The maximum atomic E-state index is 3.66. The summed E-state index contributed by atoms with van der Waals surface area (Å²) in [5, 5.41) is 0. The predicted molar refractivity (Wildman–Crippen MR) is 95.8 cm³/mol. The molecule has 19 heavy (non-hydrogen) atoms. The van der Waals surface area contributed by atoms with Crippen LogP contribution >= 0.6 is 0 Å². The SMILES string of the molecule is C=C/C=C\C(=C)C.CC.CC.CCCC(CC)CC. The summed E-state index contributed by atoms with van der Waals surface area (Å²) < 4.78 is 0. The van der Waals surface area contributed by atoms with Crippen LogP contribution in [-0.4, -0.2) is 0 Å². The van der Waals surface area contributed by atoms with Crippen LogP contribution < -0.4 is 0 Å². The minimum atomic E-state index is 1.000. The second kappa shape index (κ2) is 30.3. The normalized spacial score (nSPS) is 8.47. The van der Waals surface area contributed by atoms with E-state index < -0.39 is 0 Å². The van der Waals surface area contributed by atoms with Crippen molar-refractivity contribution < 1.29 is 0 Å². The van der Waals surface area contributed by atoms with Crippen LogP contribution in [0.1, 0.15) is 81.1 Å². The van der Waals surface area contributed by atoms with Gasteiger partial charge in [-0.05, 0) is 12.8 Å². The van der Waals surface area contributed by atoms with E-state index in [0.29, 0.717) is 0 Å². The van der Waals surface area contributed by atoms with E-state index in [1.807, 2.05) is 46.8 Å². The van der Waals surface area contributed by atoms with Crippen molar-refractivity contribution in [3.63, 3.8) is 0 Å². The molecule has 0 heteroatoms. The molecule has 0 amide bonds. The van der Waals surface area contributed by atoms with Crippen LogP contribution in [0.3, 0.4) is 0 Å². The van der Waals surface area contributed by atoms with Gasteiger partial charge in [0, 0.05) is 0 Å². The Labute approximate surface area is 124 Å². The van der Waals surface area contributed by atoms with Crippen LogP contribution in [0.2, 0.25) is 0 Å². The second-order valence-corrected chi connectivity index (χ2v) is 3.91. The summed E-state index contributed by atoms with van der Waals surface area (Å²) in [6.07, 6.45) is 11.0. The molecular weight excluding hydrogens is 228 g/mol. The Kier molecular flexibility index (Phi) is 42.7. The van der Waals surface area contributed by atoms with Crippen molar-refractivity contribution in [3.8, 4) is 0 Å². The fraction of sp³-hybridized carbons (Fsp3) is 0.684. The highest BCUT2D eigenvalue weighted by Crippen LogP contribution is 2.13. The summed E-state index contributed by atoms with van der Waals surface area (Å²) in [5.74, 6) is 1.000. The van der Waals surface area contributed by atoms with Gasteiger partial charge in [-0.2, -0.15) is 0 Å². The number of hydrogen-bond acceptors (Lipinski definition) is 0. The van der Waals surface area contributed by atoms with Crippen molar-refractivity contribution in [1.82, 2.24) is 0 Å². The minimum absolute atomic E-state index is 1.000. The molecule has 0 aliphatic heterocycles. The molecule has 0 aliphatic carbocycles. The van der Waals surface area contributed by atoms with E-state index in [2.05, 4.69) is 33.9 Å². The molecular formula is C19H40. The Balaban J connectivity index is -0.0000000941. The number of hydrogen-bond donors (Lipinski definition) is 0. The maximum absolute atomic E-state index is 3.66. The highest BCUT2D eigenvalue weighted by molar-refractivity contribution is 5.15. The number of allylic oxidation sites excluding steroid dienone is 4. The van der Waals surface area contributed by atoms with Crippen molar-refractivity contribution in [2.75, 3.05) is 0 Å². The topological polar surface area (TPSA) is 0 Å². The number of rotatable bonds is 6. The average Bonchev–Trinajstić information content (AvgIpc) is 2.47. The first-order valence-electron chi connectivity index (χ1n) is 8.06. The molecule has 0 spiro atoms. The first kappa shape index (κ1) is 26.7. The molecule has 0 fully saturated rings. The zero-order valence-electron chi connectivity index (χ0n) is 15.1. The largest absolute Gasteiger partial charge is 0.0991 e. The molecule has 0 nitrogen and oxygen atoms in total. The lowest BCUT2D eigenvalue weighted by atomic mass is 9.98. The molecule has 0 bridgehead atoms. The van der Waals surface area contributed by atoms with Gasteiger partial charge in [0.1, 0.15) is 0 Å². The van der Waals surface area contributed by atoms with Gasteiger partial charge in [0.2, 0.25) is 0 Å². The standard InChI is InChI=1S/C8H18.C7H10.2C2H6/c1-4-7-8(5-2)6-3;1-4-5-6-7(2)3;2*1-2/h8H,4-7H2,1-3H3;4-6H,1-2H2,3H3;2*1-2H3/b;6-5-;;. The lowest BCUT2D eigenvalue weighted by Gasteiger charge is -2.08. The van der Waals surface area contributed by atoms with E-state index in [0.717, 1.165) is 11.5 Å². The summed E-state index contributed by atoms with van der Waals surface area (Å²) >= 11 is 0. The lowest BCUT2D eigenvalue weighted by molar-refractivity contribution is 0.451. The first-order valence-corrected chi connectivity index (χ1v) is 8.06. The predicted octanol–water partition coefficient (Wildman–Crippen LogP) is 7.58. The van der Waals surface area contributed by atoms with Gasteiger partial charge in [-0.1, -0.05) is 111 Å². The molecule has 0 saturated heterocycles. The van der Waals surface area contributed by atoms with Crippen molar-refractivity contribution >= 4 is 0 Å². The molecule has 0 rings (SSSR count). The summed E-state index contributed by atoms with van der Waals surface area (Å²) in [7, 11) is 0. The van der Waals surface area contributed by atoms with Crippen molar-refractivity contribution in [2.45, 2.75) is 81.1 Å². The summed E-state index contributed by atoms with van der Waals surface area (Å²) in [5.41, 5.74) is 1.06. The summed E-state index contributed by atoms with van der Waals surface area (Å²) in [6, 6.07) is 0. The molecule has 0 unspecified atom stereocenters. The Bertz CT molecular complexity index is 170. The van der Waals surface area contributed by atoms with Crippen LogP contribution in [0.5, 0.6) is 0 Å². The third-order valence-corrected chi connectivity index (χ3v) is 2.37. The first-order chi connectivity index (χ1) is 9.12. The lowest BCUT2D eigenvalue weighted by Crippen LogP contribution is -1.94. The van der Waals surface area contributed by atoms with Gasteiger partial charge in [0.05, 0.1) is 0 Å². The van der Waals surface area contributed by atoms with Gasteiger partial charge in [-0.15, -0.1) is 0 Å². The van der Waals surface area contributed by atoms with E-state index >= 15 is 0 Å². The Hall–Kier alpha value is -0.780. The fourth-order valence-electron chi connectivity index (χ4n) is 1.34. The molecule has 0 aromatic heterocycles. The molecule has 0 aromatic rings. The smallest absolute Gasteiger partial charge is 0.0404 e. The van der Waals surface area contributed by atoms with E-state index in [1.54, 1.807) is 6.08 Å². The molecule has 0 saturated carbocycles. The highest BCUT2D eigenvalue weighted by atomic mass is 14.0. The summed E-state index contributed by atoms with van der Waals surface area (Å²) in [6.45, 7) is 23.9. The molecule has 116 valence electrons. The summed E-state index contributed by atoms with van der Waals surface area (Å²) in [4.78, 5) is 0.